The SMILES string of the molecule is CC1=C(CCC(=O)O)c2cc3nc(cc4[nH]c(cc4C)cc4[nH]c(cc1n2)cc4C)C(C)=C3CCC(=O)O.O=C(CO)NCO. The molecule has 0 radical (unpaired) electrons. The number of amides is 1. The van der Waals surface area contributed by atoms with Crippen LogP contribution in [0.4, 0.5) is 0 Å². The van der Waals surface area contributed by atoms with Gasteiger partial charge < -0.3 is 35.7 Å². The number of H-pyrrole nitrogens is 2. The lowest BCUT2D eigenvalue weighted by molar-refractivity contribution is -0.137. The van der Waals surface area contributed by atoms with Gasteiger partial charge in [-0.15, -0.1) is 0 Å². The van der Waals surface area contributed by atoms with Gasteiger partial charge in [-0.3, -0.25) is 14.4 Å². The fourth-order valence-corrected chi connectivity index (χ4v) is 5.24. The summed E-state index contributed by atoms with van der Waals surface area (Å²) in [7, 11) is 0. The van der Waals surface area contributed by atoms with Crippen LogP contribution in [-0.4, -0.2) is 71.5 Å². The van der Waals surface area contributed by atoms with Crippen molar-refractivity contribution in [2.75, 3.05) is 13.3 Å². The lowest BCUT2D eigenvalue weighted by atomic mass is 9.98. The molecule has 12 heteroatoms. The molecule has 0 saturated carbocycles. The highest BCUT2D eigenvalue weighted by Gasteiger charge is 2.22. The number of carboxylic acids is 2. The number of aromatic nitrogens is 4. The van der Waals surface area contributed by atoms with E-state index in [1.165, 1.54) is 0 Å². The van der Waals surface area contributed by atoms with Crippen molar-refractivity contribution in [2.24, 2.45) is 0 Å². The first-order valence-electron chi connectivity index (χ1n) is 14.4. The minimum absolute atomic E-state index is 0.0138. The van der Waals surface area contributed by atoms with Gasteiger partial charge in [-0.05, 0) is 110 Å². The van der Waals surface area contributed by atoms with Gasteiger partial charge in [0.1, 0.15) is 13.3 Å². The lowest BCUT2D eigenvalue weighted by Gasteiger charge is -2.05. The number of nitrogens with one attached hydrogen (secondary N) is 3. The number of aliphatic hydroxyl groups is 2. The Labute approximate surface area is 259 Å². The Morgan fingerprint density at radius 1 is 0.667 bits per heavy atom. The number of carbonyl (C=O) groups is 3. The van der Waals surface area contributed by atoms with Crippen LogP contribution >= 0.6 is 0 Å². The van der Waals surface area contributed by atoms with Crippen molar-refractivity contribution in [1.82, 2.24) is 25.3 Å². The summed E-state index contributed by atoms with van der Waals surface area (Å²) in [6, 6.07) is 12.1. The molecule has 0 atom stereocenters. The van der Waals surface area contributed by atoms with E-state index in [0.29, 0.717) is 24.2 Å². The maximum absolute atomic E-state index is 11.4. The summed E-state index contributed by atoms with van der Waals surface area (Å²) < 4.78 is 0. The number of aliphatic carboxylic acids is 2. The van der Waals surface area contributed by atoms with Crippen LogP contribution in [0.5, 0.6) is 0 Å². The third kappa shape index (κ3) is 7.91. The molecule has 0 unspecified atom stereocenters. The number of allylic oxidation sites excluding steroid dienone is 4. The summed E-state index contributed by atoms with van der Waals surface area (Å²) in [4.78, 5) is 49.5. The molecule has 3 aromatic rings. The number of rotatable bonds is 8. The maximum Gasteiger partial charge on any atom is 0.303 e. The number of carbonyl (C=O) groups excluding carboxylic acids is 1. The zero-order valence-electron chi connectivity index (χ0n) is 25.6. The first-order valence-corrected chi connectivity index (χ1v) is 14.4. The summed E-state index contributed by atoms with van der Waals surface area (Å²) in [5, 5.41) is 36.6. The highest BCUT2D eigenvalue weighted by atomic mass is 16.4. The van der Waals surface area contributed by atoms with Crippen LogP contribution in [0.2, 0.25) is 0 Å². The molecule has 236 valence electrons. The Bertz CT molecular complexity index is 1880. The normalized spacial score (nSPS) is 12.6. The summed E-state index contributed by atoms with van der Waals surface area (Å²) in [6.07, 6.45) is 0.647. The number of nitrogens with zero attached hydrogens (tertiary/aromatic N) is 2. The number of hydrogen-bond acceptors (Lipinski definition) is 7. The van der Waals surface area contributed by atoms with E-state index in [2.05, 4.69) is 35.1 Å². The second-order valence-electron chi connectivity index (χ2n) is 10.9. The van der Waals surface area contributed by atoms with Crippen molar-refractivity contribution in [3.8, 4) is 0 Å². The second-order valence-corrected chi connectivity index (χ2v) is 10.9. The van der Waals surface area contributed by atoms with E-state index >= 15 is 0 Å². The molecule has 5 heterocycles. The molecule has 1 amide bonds. The predicted molar refractivity (Wildman–Crippen MR) is 172 cm³/mol. The Morgan fingerprint density at radius 3 is 1.58 bits per heavy atom. The molecule has 7 N–H and O–H groups in total. The molecule has 2 aliphatic heterocycles. The predicted octanol–water partition coefficient (Wildman–Crippen LogP) is 4.57. The minimum atomic E-state index is -0.873. The van der Waals surface area contributed by atoms with Crippen molar-refractivity contribution in [3.63, 3.8) is 0 Å². The highest BCUT2D eigenvalue weighted by molar-refractivity contribution is 5.96. The van der Waals surface area contributed by atoms with Crippen molar-refractivity contribution in [3.05, 3.63) is 70.3 Å². The maximum atomic E-state index is 11.4. The van der Waals surface area contributed by atoms with E-state index in [1.54, 1.807) is 0 Å². The van der Waals surface area contributed by atoms with Crippen molar-refractivity contribution in [1.29, 1.82) is 0 Å². The van der Waals surface area contributed by atoms with Gasteiger partial charge in [0.25, 0.3) is 0 Å². The van der Waals surface area contributed by atoms with Gasteiger partial charge in [-0.25, -0.2) is 9.97 Å². The molecule has 45 heavy (non-hydrogen) atoms. The van der Waals surface area contributed by atoms with Crippen LogP contribution in [0.3, 0.4) is 0 Å². The van der Waals surface area contributed by atoms with Gasteiger partial charge in [0, 0.05) is 34.9 Å². The quantitative estimate of drug-likeness (QED) is 0.177. The molecule has 0 spiro atoms. The summed E-state index contributed by atoms with van der Waals surface area (Å²) in [6.45, 7) is 7.03. The number of fused-ring (bicyclic) bond motifs is 8. The van der Waals surface area contributed by atoms with Crippen LogP contribution in [0.25, 0.3) is 44.4 Å². The summed E-state index contributed by atoms with van der Waals surface area (Å²) >= 11 is 0. The molecule has 0 aliphatic carbocycles. The standard InChI is InChI=1S/C30H30N4O4.C3H7NO3/c1-15-9-20-12-25-17(3)21(5-7-29(35)36)27(33-25)14-28-22(6-8-30(37)38)18(4)26(34-28)13-24-16(2)10-19(32-24)11-23(15)31-20;5-1-3(7)4-2-6/h9-14,31-32H,5-8H2,1-4H3,(H,35,36)(H,37,38);5-6H,1-2H2,(H,4,7). The molecule has 0 aromatic carbocycles. The van der Waals surface area contributed by atoms with Crippen molar-refractivity contribution in [2.45, 2.75) is 53.4 Å². The Hall–Kier alpha value is -5.07. The molecular weight excluding hydrogens is 578 g/mol. The second kappa shape index (κ2) is 14.1. The largest absolute Gasteiger partial charge is 0.481 e. The molecule has 3 aromatic heterocycles. The molecule has 8 bridgehead atoms. The van der Waals surface area contributed by atoms with Crippen LogP contribution in [0, 0.1) is 13.8 Å². The molecular formula is C33H37N5O7. The highest BCUT2D eigenvalue weighted by Crippen LogP contribution is 2.37. The van der Waals surface area contributed by atoms with E-state index < -0.39 is 31.2 Å². The topological polar surface area (TPSA) is 202 Å². The van der Waals surface area contributed by atoms with Gasteiger partial charge in [0.05, 0.1) is 22.8 Å². The average Bonchev–Trinajstić information content (AvgIpc) is 3.67. The van der Waals surface area contributed by atoms with Gasteiger partial charge in [0.2, 0.25) is 5.91 Å². The van der Waals surface area contributed by atoms with Gasteiger partial charge in [-0.1, -0.05) is 0 Å². The van der Waals surface area contributed by atoms with E-state index in [0.717, 1.165) is 66.9 Å². The summed E-state index contributed by atoms with van der Waals surface area (Å²) in [5.41, 5.74) is 12.4. The zero-order valence-corrected chi connectivity index (χ0v) is 25.6. The first kappa shape index (κ1) is 32.8. The van der Waals surface area contributed by atoms with E-state index in [4.69, 9.17) is 20.2 Å². The number of aryl methyl sites for hydroxylation is 2. The van der Waals surface area contributed by atoms with E-state index in [9.17, 15) is 24.6 Å². The van der Waals surface area contributed by atoms with E-state index in [1.807, 2.05) is 44.3 Å². The zero-order chi connectivity index (χ0) is 32.8. The lowest BCUT2D eigenvalue weighted by Crippen LogP contribution is -2.26. The van der Waals surface area contributed by atoms with Crippen LogP contribution in [0.1, 0.15) is 73.4 Å². The van der Waals surface area contributed by atoms with Crippen LogP contribution in [0.15, 0.2) is 36.4 Å². The van der Waals surface area contributed by atoms with Crippen LogP contribution in [-0.2, 0) is 14.4 Å². The molecule has 0 fully saturated rings. The van der Waals surface area contributed by atoms with Crippen molar-refractivity contribution < 1.29 is 34.8 Å². The number of aromatic amines is 2. The van der Waals surface area contributed by atoms with Crippen LogP contribution < -0.4 is 5.32 Å². The monoisotopic (exact) mass is 615 g/mol. The van der Waals surface area contributed by atoms with Gasteiger partial charge >= 0.3 is 11.9 Å². The Kier molecular flexibility index (Phi) is 10.3. The Balaban J connectivity index is 0.000000591. The molecule has 5 rings (SSSR count). The van der Waals surface area contributed by atoms with Gasteiger partial charge in [0.15, 0.2) is 0 Å². The number of hydrogen-bond donors (Lipinski definition) is 7. The number of aliphatic hydroxyl groups excluding tert-OH is 2. The van der Waals surface area contributed by atoms with Gasteiger partial charge in [-0.2, -0.15) is 0 Å². The van der Waals surface area contributed by atoms with E-state index in [-0.39, 0.29) is 12.8 Å². The fraction of sp³-hybridized carbons (Fsp3) is 0.303. The molecule has 2 aliphatic rings. The fourth-order valence-electron chi connectivity index (χ4n) is 5.24. The Morgan fingerprint density at radius 2 is 1.13 bits per heavy atom. The van der Waals surface area contributed by atoms with Crippen molar-refractivity contribution >= 4 is 62.2 Å². The molecule has 12 nitrogen and oxygen atoms in total. The smallest absolute Gasteiger partial charge is 0.303 e. The first-order chi connectivity index (χ1) is 21.4. The third-order valence-corrected chi connectivity index (χ3v) is 7.67. The average molecular weight is 616 g/mol. The number of carboxylic acid groups (broad SMARTS) is 2. The molecule has 0 saturated heterocycles. The summed E-state index contributed by atoms with van der Waals surface area (Å²) in [5.74, 6) is -2.31. The third-order valence-electron chi connectivity index (χ3n) is 7.67. The minimum Gasteiger partial charge on any atom is -0.481 e.